The SMILES string of the molecule is CCOC(=O)c1ccc(NCCCc2ccc(Cl)cc2)cc1. The number of aryl methyl sites for hydroxylation is 1. The van der Waals surface area contributed by atoms with Crippen LogP contribution in [-0.4, -0.2) is 19.1 Å². The zero-order chi connectivity index (χ0) is 15.8. The quantitative estimate of drug-likeness (QED) is 0.601. The van der Waals surface area contributed by atoms with Gasteiger partial charge in [0.15, 0.2) is 0 Å². The van der Waals surface area contributed by atoms with Crippen LogP contribution in [0.1, 0.15) is 29.3 Å². The Labute approximate surface area is 136 Å². The maximum atomic E-state index is 11.5. The Bertz CT molecular complexity index is 593. The second-order valence-corrected chi connectivity index (χ2v) is 5.39. The molecule has 0 radical (unpaired) electrons. The summed E-state index contributed by atoms with van der Waals surface area (Å²) in [5.74, 6) is -0.281. The highest BCUT2D eigenvalue weighted by molar-refractivity contribution is 6.30. The second-order valence-electron chi connectivity index (χ2n) is 4.95. The molecule has 0 saturated heterocycles. The van der Waals surface area contributed by atoms with Gasteiger partial charge in [0.2, 0.25) is 0 Å². The fourth-order valence-electron chi connectivity index (χ4n) is 2.11. The molecular weight excluding hydrogens is 298 g/mol. The van der Waals surface area contributed by atoms with Crippen LogP contribution in [-0.2, 0) is 11.2 Å². The van der Waals surface area contributed by atoms with E-state index in [-0.39, 0.29) is 5.97 Å². The van der Waals surface area contributed by atoms with Gasteiger partial charge in [0.25, 0.3) is 0 Å². The van der Waals surface area contributed by atoms with Gasteiger partial charge in [-0.3, -0.25) is 0 Å². The van der Waals surface area contributed by atoms with E-state index in [1.54, 1.807) is 19.1 Å². The fourth-order valence-corrected chi connectivity index (χ4v) is 2.24. The van der Waals surface area contributed by atoms with Crippen molar-refractivity contribution in [2.24, 2.45) is 0 Å². The van der Waals surface area contributed by atoms with Gasteiger partial charge in [-0.15, -0.1) is 0 Å². The third-order valence-corrected chi connectivity index (χ3v) is 3.53. The molecule has 0 aliphatic rings. The second kappa shape index (κ2) is 8.44. The summed E-state index contributed by atoms with van der Waals surface area (Å²) in [6.45, 7) is 3.07. The summed E-state index contributed by atoms with van der Waals surface area (Å²) in [4.78, 5) is 11.5. The predicted octanol–water partition coefficient (Wildman–Crippen LogP) is 4.56. The average Bonchev–Trinajstić information content (AvgIpc) is 2.54. The molecule has 0 amide bonds. The Hall–Kier alpha value is -2.00. The third kappa shape index (κ3) is 5.08. The molecule has 2 aromatic carbocycles. The molecule has 0 unspecified atom stereocenters. The Morgan fingerprint density at radius 2 is 1.77 bits per heavy atom. The zero-order valence-corrected chi connectivity index (χ0v) is 13.4. The summed E-state index contributed by atoms with van der Waals surface area (Å²) in [7, 11) is 0. The van der Waals surface area contributed by atoms with Crippen LogP contribution in [0.3, 0.4) is 0 Å². The smallest absolute Gasteiger partial charge is 0.338 e. The first-order chi connectivity index (χ1) is 10.7. The Balaban J connectivity index is 1.75. The van der Waals surface area contributed by atoms with Gasteiger partial charge in [-0.1, -0.05) is 23.7 Å². The highest BCUT2D eigenvalue weighted by Gasteiger charge is 2.05. The lowest BCUT2D eigenvalue weighted by Gasteiger charge is -2.07. The fraction of sp³-hybridized carbons (Fsp3) is 0.278. The first-order valence-electron chi connectivity index (χ1n) is 7.44. The number of carbonyl (C=O) groups excluding carboxylic acids is 1. The molecule has 2 rings (SSSR count). The van der Waals surface area contributed by atoms with Gasteiger partial charge in [-0.05, 0) is 61.7 Å². The lowest BCUT2D eigenvalue weighted by molar-refractivity contribution is 0.0526. The van der Waals surface area contributed by atoms with E-state index in [0.717, 1.165) is 30.1 Å². The highest BCUT2D eigenvalue weighted by Crippen LogP contribution is 2.13. The van der Waals surface area contributed by atoms with Crippen LogP contribution in [0.25, 0.3) is 0 Å². The first kappa shape index (κ1) is 16.4. The molecule has 0 aliphatic heterocycles. The number of carbonyl (C=O) groups is 1. The van der Waals surface area contributed by atoms with E-state index < -0.39 is 0 Å². The van der Waals surface area contributed by atoms with E-state index in [4.69, 9.17) is 16.3 Å². The highest BCUT2D eigenvalue weighted by atomic mass is 35.5. The van der Waals surface area contributed by atoms with Gasteiger partial charge in [0.1, 0.15) is 0 Å². The topological polar surface area (TPSA) is 38.3 Å². The zero-order valence-electron chi connectivity index (χ0n) is 12.6. The number of nitrogens with one attached hydrogen (secondary N) is 1. The molecule has 0 saturated carbocycles. The molecule has 2 aromatic rings. The summed E-state index contributed by atoms with van der Waals surface area (Å²) in [6.07, 6.45) is 2.03. The largest absolute Gasteiger partial charge is 0.462 e. The average molecular weight is 318 g/mol. The minimum absolute atomic E-state index is 0.281. The van der Waals surface area contributed by atoms with Crippen LogP contribution in [0.4, 0.5) is 5.69 Å². The van der Waals surface area contributed by atoms with Gasteiger partial charge in [-0.25, -0.2) is 4.79 Å². The first-order valence-corrected chi connectivity index (χ1v) is 7.82. The van der Waals surface area contributed by atoms with Crippen LogP contribution in [0.5, 0.6) is 0 Å². The van der Waals surface area contributed by atoms with E-state index in [1.165, 1.54) is 5.56 Å². The number of rotatable bonds is 7. The molecule has 0 spiro atoms. The molecule has 0 fully saturated rings. The van der Waals surface area contributed by atoms with E-state index >= 15 is 0 Å². The van der Waals surface area contributed by atoms with Crippen molar-refractivity contribution in [3.8, 4) is 0 Å². The van der Waals surface area contributed by atoms with Gasteiger partial charge in [0.05, 0.1) is 12.2 Å². The Kier molecular flexibility index (Phi) is 6.28. The monoisotopic (exact) mass is 317 g/mol. The Morgan fingerprint density at radius 3 is 2.41 bits per heavy atom. The molecule has 4 heteroatoms. The molecule has 0 aliphatic carbocycles. The third-order valence-electron chi connectivity index (χ3n) is 3.28. The van der Waals surface area contributed by atoms with Crippen LogP contribution in [0.15, 0.2) is 48.5 Å². The maximum Gasteiger partial charge on any atom is 0.338 e. The minimum atomic E-state index is -0.281. The summed E-state index contributed by atoms with van der Waals surface area (Å²) >= 11 is 5.86. The number of halogens is 1. The van der Waals surface area contributed by atoms with Crippen molar-refractivity contribution in [1.29, 1.82) is 0 Å². The van der Waals surface area contributed by atoms with Crippen molar-refractivity contribution >= 4 is 23.3 Å². The number of anilines is 1. The van der Waals surface area contributed by atoms with Crippen molar-refractivity contribution in [1.82, 2.24) is 0 Å². The van der Waals surface area contributed by atoms with Crippen molar-refractivity contribution in [2.45, 2.75) is 19.8 Å². The summed E-state index contributed by atoms with van der Waals surface area (Å²) in [6, 6.07) is 15.3. The maximum absolute atomic E-state index is 11.5. The molecule has 3 nitrogen and oxygen atoms in total. The van der Waals surface area contributed by atoms with Crippen LogP contribution in [0, 0.1) is 0 Å². The molecule has 22 heavy (non-hydrogen) atoms. The van der Waals surface area contributed by atoms with E-state index in [2.05, 4.69) is 17.4 Å². The van der Waals surface area contributed by atoms with Gasteiger partial charge in [-0.2, -0.15) is 0 Å². The minimum Gasteiger partial charge on any atom is -0.462 e. The number of benzene rings is 2. The van der Waals surface area contributed by atoms with Crippen LogP contribution >= 0.6 is 11.6 Å². The molecule has 0 heterocycles. The lowest BCUT2D eigenvalue weighted by atomic mass is 10.1. The van der Waals surface area contributed by atoms with E-state index in [0.29, 0.717) is 12.2 Å². The standard InChI is InChI=1S/C18H20ClNO2/c1-2-22-18(21)15-7-11-17(12-8-15)20-13-3-4-14-5-9-16(19)10-6-14/h5-12,20H,2-4,13H2,1H3. The van der Waals surface area contributed by atoms with Crippen molar-refractivity contribution in [3.05, 3.63) is 64.7 Å². The van der Waals surface area contributed by atoms with Crippen molar-refractivity contribution in [3.63, 3.8) is 0 Å². The molecule has 0 atom stereocenters. The van der Waals surface area contributed by atoms with Crippen LogP contribution in [0.2, 0.25) is 5.02 Å². The normalized spacial score (nSPS) is 10.3. The van der Waals surface area contributed by atoms with E-state index in [9.17, 15) is 4.79 Å². The molecule has 0 aromatic heterocycles. The van der Waals surface area contributed by atoms with Gasteiger partial charge < -0.3 is 10.1 Å². The number of hydrogen-bond acceptors (Lipinski definition) is 3. The van der Waals surface area contributed by atoms with Crippen LogP contribution < -0.4 is 5.32 Å². The predicted molar refractivity (Wildman–Crippen MR) is 90.7 cm³/mol. The molecule has 1 N–H and O–H groups in total. The van der Waals surface area contributed by atoms with Crippen molar-refractivity contribution < 1.29 is 9.53 Å². The summed E-state index contributed by atoms with van der Waals surface area (Å²) in [5.41, 5.74) is 2.86. The lowest BCUT2D eigenvalue weighted by Crippen LogP contribution is -2.06. The molecule has 0 bridgehead atoms. The number of ether oxygens (including phenoxy) is 1. The van der Waals surface area contributed by atoms with Gasteiger partial charge >= 0.3 is 5.97 Å². The number of hydrogen-bond donors (Lipinski definition) is 1. The number of esters is 1. The molecule has 116 valence electrons. The van der Waals surface area contributed by atoms with E-state index in [1.807, 2.05) is 24.3 Å². The molecular formula is C18H20ClNO2. The van der Waals surface area contributed by atoms with Crippen molar-refractivity contribution in [2.75, 3.05) is 18.5 Å². The summed E-state index contributed by atoms with van der Waals surface area (Å²) < 4.78 is 4.95. The van der Waals surface area contributed by atoms with Gasteiger partial charge in [0, 0.05) is 17.3 Å². The Morgan fingerprint density at radius 1 is 1.09 bits per heavy atom. The summed E-state index contributed by atoms with van der Waals surface area (Å²) in [5, 5.41) is 4.11.